The third-order valence-electron chi connectivity index (χ3n) is 4.83. The van der Waals surface area contributed by atoms with Gasteiger partial charge in [0.2, 0.25) is 5.91 Å². The standard InChI is InChI=1S/C19H22N6O2/c1-13(25-3-5-27-6-4-25)19(26)23-18-8-14-7-15(9-20-17(14)11-21-18)16-10-22-24(2)12-16/h7-13H,3-6H2,1-2H3,(H,21,23,26)/t13-/m0/s1. The summed E-state index contributed by atoms with van der Waals surface area (Å²) in [6, 6.07) is 3.65. The number of rotatable bonds is 4. The molecular formula is C19H22N6O2. The van der Waals surface area contributed by atoms with Crippen LogP contribution in [-0.2, 0) is 16.6 Å². The highest BCUT2D eigenvalue weighted by molar-refractivity contribution is 5.95. The Kier molecular flexibility index (Phi) is 4.83. The third-order valence-corrected chi connectivity index (χ3v) is 4.83. The van der Waals surface area contributed by atoms with Crippen molar-refractivity contribution in [2.45, 2.75) is 13.0 Å². The minimum atomic E-state index is -0.230. The highest BCUT2D eigenvalue weighted by Gasteiger charge is 2.23. The molecule has 140 valence electrons. The SMILES string of the molecule is C[C@@H](C(=O)Nc1cc2cc(-c3cnn(C)c3)cnc2cn1)N1CCOCC1. The van der Waals surface area contributed by atoms with Gasteiger partial charge in [0.15, 0.2) is 0 Å². The Morgan fingerprint density at radius 3 is 2.70 bits per heavy atom. The lowest BCUT2D eigenvalue weighted by Gasteiger charge is -2.31. The van der Waals surface area contributed by atoms with Gasteiger partial charge in [-0.3, -0.25) is 19.4 Å². The Balaban J connectivity index is 1.54. The highest BCUT2D eigenvalue weighted by atomic mass is 16.5. The van der Waals surface area contributed by atoms with Crippen LogP contribution in [0.2, 0.25) is 0 Å². The zero-order chi connectivity index (χ0) is 18.8. The van der Waals surface area contributed by atoms with Gasteiger partial charge in [-0.15, -0.1) is 0 Å². The number of morpholine rings is 1. The number of carbonyl (C=O) groups is 1. The van der Waals surface area contributed by atoms with Crippen LogP contribution in [0.3, 0.4) is 0 Å². The van der Waals surface area contributed by atoms with Crippen molar-refractivity contribution in [1.82, 2.24) is 24.6 Å². The first kappa shape index (κ1) is 17.6. The fourth-order valence-corrected chi connectivity index (χ4v) is 3.19. The lowest BCUT2D eigenvalue weighted by atomic mass is 10.1. The predicted molar refractivity (Wildman–Crippen MR) is 102 cm³/mol. The second-order valence-corrected chi connectivity index (χ2v) is 6.70. The Bertz CT molecular complexity index is 964. The minimum Gasteiger partial charge on any atom is -0.379 e. The molecular weight excluding hydrogens is 344 g/mol. The molecule has 0 aliphatic carbocycles. The second kappa shape index (κ2) is 7.42. The topological polar surface area (TPSA) is 85.2 Å². The summed E-state index contributed by atoms with van der Waals surface area (Å²) >= 11 is 0. The lowest BCUT2D eigenvalue weighted by Crippen LogP contribution is -2.47. The number of nitrogens with zero attached hydrogens (tertiary/aromatic N) is 5. The van der Waals surface area contributed by atoms with Crippen LogP contribution in [0.4, 0.5) is 5.82 Å². The maximum Gasteiger partial charge on any atom is 0.242 e. The number of carbonyl (C=O) groups excluding carboxylic acids is 1. The number of hydrogen-bond acceptors (Lipinski definition) is 6. The molecule has 8 nitrogen and oxygen atoms in total. The predicted octanol–water partition coefficient (Wildman–Crippen LogP) is 1.69. The number of hydrogen-bond donors (Lipinski definition) is 1. The summed E-state index contributed by atoms with van der Waals surface area (Å²) in [6.45, 7) is 4.75. The van der Waals surface area contributed by atoms with Gasteiger partial charge in [-0.25, -0.2) is 4.98 Å². The third kappa shape index (κ3) is 3.81. The average Bonchev–Trinajstić information content (AvgIpc) is 3.14. The van der Waals surface area contributed by atoms with Gasteiger partial charge in [0.1, 0.15) is 5.82 Å². The highest BCUT2D eigenvalue weighted by Crippen LogP contribution is 2.23. The fourth-order valence-electron chi connectivity index (χ4n) is 3.19. The van der Waals surface area contributed by atoms with Gasteiger partial charge < -0.3 is 10.1 Å². The zero-order valence-corrected chi connectivity index (χ0v) is 15.4. The van der Waals surface area contributed by atoms with Gasteiger partial charge in [-0.2, -0.15) is 5.10 Å². The van der Waals surface area contributed by atoms with Crippen molar-refractivity contribution in [3.8, 4) is 11.1 Å². The molecule has 8 heteroatoms. The normalized spacial score (nSPS) is 16.4. The monoisotopic (exact) mass is 366 g/mol. The number of ether oxygens (including phenoxy) is 1. The van der Waals surface area contributed by atoms with Crippen LogP contribution in [0.5, 0.6) is 0 Å². The van der Waals surface area contributed by atoms with Gasteiger partial charge in [-0.1, -0.05) is 0 Å². The molecule has 1 aliphatic heterocycles. The Labute approximate surface area is 157 Å². The molecule has 0 spiro atoms. The molecule has 0 aromatic carbocycles. The quantitative estimate of drug-likeness (QED) is 0.756. The van der Waals surface area contributed by atoms with Crippen LogP contribution in [0.15, 0.2) is 36.9 Å². The molecule has 0 saturated carbocycles. The number of anilines is 1. The van der Waals surface area contributed by atoms with Crippen LogP contribution in [0.25, 0.3) is 22.0 Å². The van der Waals surface area contributed by atoms with E-state index in [1.54, 1.807) is 23.3 Å². The molecule has 1 aliphatic rings. The van der Waals surface area contributed by atoms with Crippen molar-refractivity contribution in [3.05, 3.63) is 36.9 Å². The van der Waals surface area contributed by atoms with E-state index in [1.165, 1.54) is 0 Å². The molecule has 3 aromatic heterocycles. The molecule has 27 heavy (non-hydrogen) atoms. The molecule has 4 rings (SSSR count). The number of pyridine rings is 2. The molecule has 0 radical (unpaired) electrons. The van der Waals surface area contributed by atoms with Gasteiger partial charge in [0.05, 0.1) is 37.2 Å². The summed E-state index contributed by atoms with van der Waals surface area (Å²) in [4.78, 5) is 23.5. The molecule has 1 amide bonds. The molecule has 1 atom stereocenters. The van der Waals surface area contributed by atoms with Crippen molar-refractivity contribution in [1.29, 1.82) is 0 Å². The van der Waals surface area contributed by atoms with Crippen molar-refractivity contribution < 1.29 is 9.53 Å². The van der Waals surface area contributed by atoms with Crippen molar-refractivity contribution in [2.75, 3.05) is 31.6 Å². The molecule has 3 aromatic rings. The van der Waals surface area contributed by atoms with E-state index in [9.17, 15) is 4.79 Å². The van der Waals surface area contributed by atoms with E-state index in [0.29, 0.717) is 19.0 Å². The van der Waals surface area contributed by atoms with Gasteiger partial charge in [0.25, 0.3) is 0 Å². The summed E-state index contributed by atoms with van der Waals surface area (Å²) in [5, 5.41) is 8.03. The Hall–Kier alpha value is -2.84. The van der Waals surface area contributed by atoms with E-state index < -0.39 is 0 Å². The van der Waals surface area contributed by atoms with E-state index in [-0.39, 0.29) is 11.9 Å². The first-order valence-electron chi connectivity index (χ1n) is 8.97. The molecule has 1 N–H and O–H groups in total. The smallest absolute Gasteiger partial charge is 0.242 e. The zero-order valence-electron chi connectivity index (χ0n) is 15.4. The minimum absolute atomic E-state index is 0.0693. The number of fused-ring (bicyclic) bond motifs is 1. The van der Waals surface area contributed by atoms with E-state index in [0.717, 1.165) is 35.1 Å². The number of aromatic nitrogens is 4. The Morgan fingerprint density at radius 1 is 1.15 bits per heavy atom. The summed E-state index contributed by atoms with van der Waals surface area (Å²) in [7, 11) is 1.88. The van der Waals surface area contributed by atoms with Crippen molar-refractivity contribution >= 4 is 22.6 Å². The van der Waals surface area contributed by atoms with Crippen LogP contribution in [-0.4, -0.2) is 62.9 Å². The molecule has 0 bridgehead atoms. The molecule has 0 unspecified atom stereocenters. The summed E-state index contributed by atoms with van der Waals surface area (Å²) < 4.78 is 7.10. The first-order chi connectivity index (χ1) is 13.1. The van der Waals surface area contributed by atoms with Crippen molar-refractivity contribution in [3.63, 3.8) is 0 Å². The maximum atomic E-state index is 12.6. The van der Waals surface area contributed by atoms with Crippen molar-refractivity contribution in [2.24, 2.45) is 7.05 Å². The molecule has 1 fully saturated rings. The summed E-state index contributed by atoms with van der Waals surface area (Å²) in [6.07, 6.45) is 7.23. The van der Waals surface area contributed by atoms with E-state index >= 15 is 0 Å². The number of nitrogens with one attached hydrogen (secondary N) is 1. The molecule has 4 heterocycles. The van der Waals surface area contributed by atoms with Gasteiger partial charge in [0, 0.05) is 49.0 Å². The van der Waals surface area contributed by atoms with Gasteiger partial charge in [-0.05, 0) is 19.1 Å². The van der Waals surface area contributed by atoms with E-state index in [4.69, 9.17) is 4.74 Å². The summed E-state index contributed by atoms with van der Waals surface area (Å²) in [5.74, 6) is 0.456. The van der Waals surface area contributed by atoms with E-state index in [2.05, 4.69) is 25.3 Å². The fraction of sp³-hybridized carbons (Fsp3) is 0.368. The average molecular weight is 366 g/mol. The van der Waals surface area contributed by atoms with Gasteiger partial charge >= 0.3 is 0 Å². The summed E-state index contributed by atoms with van der Waals surface area (Å²) in [5.41, 5.74) is 2.75. The van der Waals surface area contributed by atoms with Crippen LogP contribution >= 0.6 is 0 Å². The van der Waals surface area contributed by atoms with Crippen LogP contribution in [0, 0.1) is 0 Å². The van der Waals surface area contributed by atoms with Crippen LogP contribution < -0.4 is 5.32 Å². The first-order valence-corrected chi connectivity index (χ1v) is 8.97. The lowest BCUT2D eigenvalue weighted by molar-refractivity contribution is -0.122. The largest absolute Gasteiger partial charge is 0.379 e. The molecule has 1 saturated heterocycles. The Morgan fingerprint density at radius 2 is 1.96 bits per heavy atom. The number of amides is 1. The van der Waals surface area contributed by atoms with Crippen LogP contribution in [0.1, 0.15) is 6.92 Å². The number of aryl methyl sites for hydroxylation is 1. The van der Waals surface area contributed by atoms with E-state index in [1.807, 2.05) is 32.3 Å². The second-order valence-electron chi connectivity index (χ2n) is 6.70. The maximum absolute atomic E-state index is 12.6.